The number of hydrogen-bond donors (Lipinski definition) is 0. The van der Waals surface area contributed by atoms with E-state index in [0.717, 1.165) is 27.4 Å². The van der Waals surface area contributed by atoms with Crippen LogP contribution in [0.4, 0.5) is 0 Å². The molecule has 0 aliphatic carbocycles. The highest BCUT2D eigenvalue weighted by Gasteiger charge is 2.17. The first-order valence-electron chi connectivity index (χ1n) is 9.72. The third-order valence-electron chi connectivity index (χ3n) is 4.97. The van der Waals surface area contributed by atoms with Gasteiger partial charge >= 0.3 is 0 Å². The van der Waals surface area contributed by atoms with Crippen LogP contribution >= 0.6 is 11.8 Å². The lowest BCUT2D eigenvalue weighted by Gasteiger charge is -2.08. The van der Waals surface area contributed by atoms with E-state index >= 15 is 0 Å². The molecule has 7 heteroatoms. The molecule has 0 radical (unpaired) electrons. The average Bonchev–Trinajstić information content (AvgIpc) is 3.32. The summed E-state index contributed by atoms with van der Waals surface area (Å²) in [6, 6.07) is 20.1. The summed E-state index contributed by atoms with van der Waals surface area (Å²) in [5.74, 6) is 1.14. The zero-order valence-electron chi connectivity index (χ0n) is 16.7. The molecule has 0 saturated heterocycles. The molecule has 30 heavy (non-hydrogen) atoms. The largest absolute Gasteiger partial charge is 0.346 e. The molecule has 0 saturated carbocycles. The van der Waals surface area contributed by atoms with Crippen molar-refractivity contribution in [1.29, 1.82) is 5.26 Å². The summed E-state index contributed by atoms with van der Waals surface area (Å²) < 4.78 is 4.02. The van der Waals surface area contributed by atoms with Crippen molar-refractivity contribution in [3.8, 4) is 6.07 Å². The number of ketones is 1. The van der Waals surface area contributed by atoms with E-state index in [2.05, 4.69) is 28.4 Å². The van der Waals surface area contributed by atoms with Crippen molar-refractivity contribution in [1.82, 2.24) is 19.3 Å². The summed E-state index contributed by atoms with van der Waals surface area (Å²) in [6.07, 6.45) is 2.27. The maximum absolute atomic E-state index is 13.0. The molecule has 0 N–H and O–H groups in total. The number of aryl methyl sites for hydroxylation is 2. The van der Waals surface area contributed by atoms with Crippen LogP contribution in [0.1, 0.15) is 28.2 Å². The number of nitriles is 1. The van der Waals surface area contributed by atoms with E-state index in [1.807, 2.05) is 64.7 Å². The number of hydrogen-bond acceptors (Lipinski definition) is 5. The number of carbonyl (C=O) groups is 1. The molecule has 0 spiro atoms. The van der Waals surface area contributed by atoms with E-state index in [1.54, 1.807) is 0 Å². The Hall–Kier alpha value is -3.37. The second kappa shape index (κ2) is 8.97. The van der Waals surface area contributed by atoms with E-state index in [4.69, 9.17) is 5.26 Å². The fourth-order valence-corrected chi connectivity index (χ4v) is 4.32. The van der Waals surface area contributed by atoms with Crippen molar-refractivity contribution in [2.75, 3.05) is 5.75 Å². The Morgan fingerprint density at radius 3 is 2.67 bits per heavy atom. The molecule has 0 fully saturated rings. The van der Waals surface area contributed by atoms with Crippen LogP contribution < -0.4 is 0 Å². The minimum Gasteiger partial charge on any atom is -0.346 e. The Morgan fingerprint density at radius 1 is 1.10 bits per heavy atom. The van der Waals surface area contributed by atoms with Gasteiger partial charge in [0.15, 0.2) is 10.9 Å². The van der Waals surface area contributed by atoms with Gasteiger partial charge in [0.1, 0.15) is 5.82 Å². The summed E-state index contributed by atoms with van der Waals surface area (Å²) in [4.78, 5) is 13.0. The quantitative estimate of drug-likeness (QED) is 0.313. The monoisotopic (exact) mass is 415 g/mol. The van der Waals surface area contributed by atoms with Crippen molar-refractivity contribution in [2.45, 2.75) is 31.6 Å². The fourth-order valence-electron chi connectivity index (χ4n) is 3.45. The second-order valence-corrected chi connectivity index (χ2v) is 7.92. The number of benzene rings is 2. The fraction of sp³-hybridized carbons (Fsp3) is 0.217. The number of para-hydroxylation sites is 1. The van der Waals surface area contributed by atoms with Crippen molar-refractivity contribution in [3.63, 3.8) is 0 Å². The van der Waals surface area contributed by atoms with Crippen LogP contribution in [0.5, 0.6) is 0 Å². The van der Waals surface area contributed by atoms with Gasteiger partial charge in [-0.05, 0) is 18.6 Å². The summed E-state index contributed by atoms with van der Waals surface area (Å²) in [6.45, 7) is 3.16. The third-order valence-corrected chi connectivity index (χ3v) is 5.94. The summed E-state index contributed by atoms with van der Waals surface area (Å²) >= 11 is 1.40. The van der Waals surface area contributed by atoms with Gasteiger partial charge in [-0.2, -0.15) is 5.26 Å². The lowest BCUT2D eigenvalue weighted by Crippen LogP contribution is -2.07. The van der Waals surface area contributed by atoms with Gasteiger partial charge in [-0.1, -0.05) is 60.3 Å². The molecular formula is C23H21N5OS. The lowest BCUT2D eigenvalue weighted by atomic mass is 10.1. The first-order chi connectivity index (χ1) is 14.7. The molecule has 0 aliphatic heterocycles. The van der Waals surface area contributed by atoms with Crippen LogP contribution in [0.25, 0.3) is 10.9 Å². The van der Waals surface area contributed by atoms with E-state index in [9.17, 15) is 4.79 Å². The minimum absolute atomic E-state index is 0.0406. The van der Waals surface area contributed by atoms with Crippen molar-refractivity contribution in [3.05, 3.63) is 77.7 Å². The number of rotatable bonds is 8. The molecular weight excluding hydrogens is 394 g/mol. The number of nitrogens with zero attached hydrogens (tertiary/aromatic N) is 5. The van der Waals surface area contributed by atoms with Gasteiger partial charge in [0, 0.05) is 29.2 Å². The maximum atomic E-state index is 13.0. The molecule has 0 unspecified atom stereocenters. The molecule has 4 rings (SSSR count). The number of fused-ring (bicyclic) bond motifs is 1. The van der Waals surface area contributed by atoms with Gasteiger partial charge in [0.2, 0.25) is 0 Å². The number of carbonyl (C=O) groups excluding carboxylic acids is 1. The molecule has 0 bridgehead atoms. The third kappa shape index (κ3) is 4.14. The van der Waals surface area contributed by atoms with Crippen LogP contribution in [0.2, 0.25) is 0 Å². The first-order valence-corrected chi connectivity index (χ1v) is 10.7. The second-order valence-electron chi connectivity index (χ2n) is 6.97. The molecule has 6 nitrogen and oxygen atoms in total. The van der Waals surface area contributed by atoms with Crippen LogP contribution in [-0.4, -0.2) is 30.9 Å². The van der Waals surface area contributed by atoms with Gasteiger partial charge in [-0.3, -0.25) is 4.79 Å². The number of aromatic nitrogens is 4. The van der Waals surface area contributed by atoms with Crippen LogP contribution in [0, 0.1) is 18.3 Å². The maximum Gasteiger partial charge on any atom is 0.191 e. The van der Waals surface area contributed by atoms with Crippen molar-refractivity contribution in [2.24, 2.45) is 0 Å². The zero-order chi connectivity index (χ0) is 20.9. The van der Waals surface area contributed by atoms with Gasteiger partial charge in [0.25, 0.3) is 0 Å². The van der Waals surface area contributed by atoms with Crippen molar-refractivity contribution < 1.29 is 4.79 Å². The Balaban J connectivity index is 1.53. The molecule has 0 aliphatic rings. The first kappa shape index (κ1) is 19.9. The Kier molecular flexibility index (Phi) is 5.96. The number of thioether (sulfide) groups is 1. The van der Waals surface area contributed by atoms with Crippen LogP contribution in [0.15, 0.2) is 66.0 Å². The predicted molar refractivity (Wildman–Crippen MR) is 118 cm³/mol. The zero-order valence-corrected chi connectivity index (χ0v) is 17.5. The molecule has 150 valence electrons. The van der Waals surface area contributed by atoms with E-state index < -0.39 is 0 Å². The van der Waals surface area contributed by atoms with Crippen molar-refractivity contribution >= 4 is 28.4 Å². The molecule has 2 aromatic carbocycles. The van der Waals surface area contributed by atoms with Gasteiger partial charge in [-0.15, -0.1) is 10.2 Å². The average molecular weight is 416 g/mol. The van der Waals surface area contributed by atoms with E-state index in [0.29, 0.717) is 25.1 Å². The topological polar surface area (TPSA) is 76.5 Å². The lowest BCUT2D eigenvalue weighted by molar-refractivity contribution is 0.102. The highest BCUT2D eigenvalue weighted by Crippen LogP contribution is 2.25. The summed E-state index contributed by atoms with van der Waals surface area (Å²) in [5, 5.41) is 19.0. The Labute approximate surface area is 179 Å². The molecule has 2 aromatic heterocycles. The van der Waals surface area contributed by atoms with Gasteiger partial charge < -0.3 is 9.13 Å². The van der Waals surface area contributed by atoms with E-state index in [-0.39, 0.29) is 11.5 Å². The Morgan fingerprint density at radius 2 is 1.87 bits per heavy atom. The predicted octanol–water partition coefficient (Wildman–Crippen LogP) is 4.48. The highest BCUT2D eigenvalue weighted by molar-refractivity contribution is 7.99. The molecule has 2 heterocycles. The molecule has 4 aromatic rings. The molecule has 0 amide bonds. The molecule has 0 atom stereocenters. The highest BCUT2D eigenvalue weighted by atomic mass is 32.2. The smallest absolute Gasteiger partial charge is 0.191 e. The number of Topliss-reactive ketones (excluding diaryl/α,β-unsaturated/α-hetero) is 1. The standard InChI is InChI=1S/C23H21N5OS/c1-17-25-26-23(28(17)14-18-8-3-2-4-9-18)30-16-22(29)20-15-27(13-7-12-24)21-11-6-5-10-19(20)21/h2-6,8-11,15H,7,13-14,16H2,1H3. The summed E-state index contributed by atoms with van der Waals surface area (Å²) in [5.41, 5.74) is 2.82. The minimum atomic E-state index is 0.0406. The van der Waals surface area contributed by atoms with Crippen LogP contribution in [-0.2, 0) is 13.1 Å². The van der Waals surface area contributed by atoms with Gasteiger partial charge in [0.05, 0.1) is 24.8 Å². The Bertz CT molecular complexity index is 1220. The van der Waals surface area contributed by atoms with Gasteiger partial charge in [-0.25, -0.2) is 0 Å². The summed E-state index contributed by atoms with van der Waals surface area (Å²) in [7, 11) is 0. The SMILES string of the molecule is Cc1nnc(SCC(=O)c2cn(CCC#N)c3ccccc23)n1Cc1ccccc1. The van der Waals surface area contributed by atoms with E-state index in [1.165, 1.54) is 11.8 Å². The normalized spacial score (nSPS) is 10.9. The van der Waals surface area contributed by atoms with Crippen LogP contribution in [0.3, 0.4) is 0 Å².